The summed E-state index contributed by atoms with van der Waals surface area (Å²) in [6.45, 7) is 4.12. The average molecular weight is 751 g/mol. The fraction of sp³-hybridized carbons (Fsp3) is 0.514. The quantitative estimate of drug-likeness (QED) is 0.196. The van der Waals surface area contributed by atoms with Crippen molar-refractivity contribution in [1.82, 2.24) is 14.9 Å². The highest BCUT2D eigenvalue weighted by molar-refractivity contribution is 7.23. The first-order chi connectivity index (χ1) is 24.4. The van der Waals surface area contributed by atoms with Crippen LogP contribution in [0.25, 0.3) is 32.1 Å². The summed E-state index contributed by atoms with van der Waals surface area (Å²) < 4.78 is 104. The third kappa shape index (κ3) is 5.42. The first-order valence-electron chi connectivity index (χ1n) is 16.9. The van der Waals surface area contributed by atoms with Crippen LogP contribution in [0, 0.1) is 28.9 Å². The Balaban J connectivity index is 1.41. The van der Waals surface area contributed by atoms with Gasteiger partial charge in [0.05, 0.1) is 32.3 Å². The van der Waals surface area contributed by atoms with Gasteiger partial charge in [-0.2, -0.15) is 15.2 Å². The molecule has 2 aromatic heterocycles. The number of halogens is 7. The van der Waals surface area contributed by atoms with E-state index in [9.17, 15) is 22.8 Å². The third-order valence-electron chi connectivity index (χ3n) is 11.0. The van der Waals surface area contributed by atoms with Crippen molar-refractivity contribution in [2.24, 2.45) is 5.92 Å². The Hall–Kier alpha value is -3.74. The Labute approximate surface area is 298 Å². The van der Waals surface area contributed by atoms with E-state index >= 15 is 8.78 Å². The Morgan fingerprint density at radius 3 is 2.71 bits per heavy atom. The number of hydrogen-bond donors (Lipinski definition) is 1. The van der Waals surface area contributed by atoms with Crippen LogP contribution in [0.3, 0.4) is 0 Å². The van der Waals surface area contributed by atoms with E-state index in [4.69, 9.17) is 26.8 Å². The first-order valence-corrected chi connectivity index (χ1v) is 18.1. The van der Waals surface area contributed by atoms with Crippen molar-refractivity contribution < 1.29 is 35.8 Å². The summed E-state index contributed by atoms with van der Waals surface area (Å²) in [6, 6.07) is 1.65. The lowest BCUT2D eigenvalue weighted by molar-refractivity contribution is -0.00136. The average Bonchev–Trinajstić information content (AvgIpc) is 3.74. The number of aromatic nitrogens is 2. The van der Waals surface area contributed by atoms with Crippen LogP contribution in [0.2, 0.25) is 5.02 Å². The van der Waals surface area contributed by atoms with E-state index in [1.807, 2.05) is 6.07 Å². The number of benzene rings is 2. The minimum absolute atomic E-state index is 0.0177. The van der Waals surface area contributed by atoms with Gasteiger partial charge in [-0.1, -0.05) is 24.6 Å². The molecule has 3 fully saturated rings. The van der Waals surface area contributed by atoms with Gasteiger partial charge in [0.2, 0.25) is 0 Å². The van der Waals surface area contributed by atoms with Crippen LogP contribution in [0.5, 0.6) is 11.8 Å². The molecule has 4 unspecified atom stereocenters. The lowest BCUT2D eigenvalue weighted by atomic mass is 9.90. The molecule has 0 saturated carbocycles. The number of alkyl halides is 4. The van der Waals surface area contributed by atoms with Gasteiger partial charge in [-0.3, -0.25) is 4.90 Å². The number of piperidine rings is 1. The van der Waals surface area contributed by atoms with Gasteiger partial charge in [0.15, 0.2) is 17.7 Å². The molecule has 51 heavy (non-hydrogen) atoms. The zero-order valence-electron chi connectivity index (χ0n) is 27.4. The summed E-state index contributed by atoms with van der Waals surface area (Å²) in [5, 5.41) is 9.15. The summed E-state index contributed by atoms with van der Waals surface area (Å²) in [7, 11) is 0. The van der Waals surface area contributed by atoms with Gasteiger partial charge in [0, 0.05) is 30.0 Å². The number of thiophene rings is 1. The Morgan fingerprint density at radius 2 is 1.96 bits per heavy atom. The van der Waals surface area contributed by atoms with Gasteiger partial charge < -0.3 is 20.1 Å². The number of rotatable bonds is 6. The van der Waals surface area contributed by atoms with Crippen LogP contribution in [0.1, 0.15) is 57.4 Å². The Kier molecular flexibility index (Phi) is 8.58. The fourth-order valence-electron chi connectivity index (χ4n) is 8.91. The second-order valence-electron chi connectivity index (χ2n) is 14.1. The van der Waals surface area contributed by atoms with Crippen LogP contribution in [-0.2, 0) is 0 Å². The van der Waals surface area contributed by atoms with Crippen LogP contribution in [0.4, 0.5) is 37.2 Å². The Bertz CT molecular complexity index is 2100. The van der Waals surface area contributed by atoms with E-state index < -0.39 is 64.5 Å². The second-order valence-corrected chi connectivity index (χ2v) is 15.6. The molecule has 0 bridgehead atoms. The van der Waals surface area contributed by atoms with Crippen LogP contribution in [0.15, 0.2) is 12.1 Å². The molecule has 3 saturated heterocycles. The van der Waals surface area contributed by atoms with E-state index in [2.05, 4.69) is 21.8 Å². The van der Waals surface area contributed by atoms with E-state index in [0.717, 1.165) is 49.8 Å². The minimum atomic E-state index is -3.06. The van der Waals surface area contributed by atoms with E-state index in [1.54, 1.807) is 0 Å². The maximum atomic E-state index is 17.3. The molecule has 4 aromatic rings. The normalized spacial score (nSPS) is 26.3. The molecule has 4 aliphatic rings. The third-order valence-corrected chi connectivity index (χ3v) is 12.4. The van der Waals surface area contributed by atoms with Crippen molar-refractivity contribution >= 4 is 54.7 Å². The highest BCUT2D eigenvalue weighted by Gasteiger charge is 2.48. The molecule has 0 amide bonds. The predicted octanol–water partition coefficient (Wildman–Crippen LogP) is 8.56. The Morgan fingerprint density at radius 1 is 1.16 bits per heavy atom. The molecule has 0 radical (unpaired) electrons. The molecule has 8 rings (SSSR count). The molecule has 5 atom stereocenters. The summed E-state index contributed by atoms with van der Waals surface area (Å²) in [6.07, 6.45) is -4.72. The summed E-state index contributed by atoms with van der Waals surface area (Å²) >= 11 is 7.72. The SMILES string of the molecule is C[C@H]1CN2CCCC2(COc2nc3c4c(c(Cl)c(-c5ccc(F)c6sc(N)c(C#N)c56)c(F)c4n2)OC(C(F)F)CC2CCCC(C(F)F)N32)C1. The lowest BCUT2D eigenvalue weighted by Crippen LogP contribution is -2.53. The molecule has 0 spiro atoms. The van der Waals surface area contributed by atoms with E-state index in [-0.39, 0.29) is 68.4 Å². The molecule has 270 valence electrons. The zero-order chi connectivity index (χ0) is 35.9. The van der Waals surface area contributed by atoms with Gasteiger partial charge in [-0.25, -0.2) is 26.3 Å². The second kappa shape index (κ2) is 12.7. The molecular weight excluding hydrogens is 718 g/mol. The maximum absolute atomic E-state index is 17.3. The van der Waals surface area contributed by atoms with Crippen molar-refractivity contribution in [3.05, 3.63) is 34.4 Å². The number of fused-ring (bicyclic) bond motifs is 4. The van der Waals surface area contributed by atoms with Gasteiger partial charge in [0.25, 0.3) is 12.9 Å². The summed E-state index contributed by atoms with van der Waals surface area (Å²) in [5.74, 6) is -1.96. The zero-order valence-corrected chi connectivity index (χ0v) is 28.9. The van der Waals surface area contributed by atoms with Gasteiger partial charge >= 0.3 is 6.01 Å². The molecular formula is C35H33ClF6N6O2S. The monoisotopic (exact) mass is 750 g/mol. The molecule has 8 nitrogen and oxygen atoms in total. The first kappa shape index (κ1) is 34.4. The number of ether oxygens (including phenoxy) is 2. The minimum Gasteiger partial charge on any atom is -0.482 e. The summed E-state index contributed by atoms with van der Waals surface area (Å²) in [4.78, 5) is 12.8. The molecule has 0 aliphatic carbocycles. The number of anilines is 2. The van der Waals surface area contributed by atoms with E-state index in [0.29, 0.717) is 18.8 Å². The van der Waals surface area contributed by atoms with Gasteiger partial charge in [-0.15, -0.1) is 11.3 Å². The molecule has 16 heteroatoms. The number of nitriles is 1. The van der Waals surface area contributed by atoms with Gasteiger partial charge in [-0.05, 0) is 62.6 Å². The summed E-state index contributed by atoms with van der Waals surface area (Å²) in [5.41, 5.74) is 4.72. The number of nitrogens with zero attached hydrogens (tertiary/aromatic N) is 5. The largest absolute Gasteiger partial charge is 0.482 e. The van der Waals surface area contributed by atoms with Crippen molar-refractivity contribution in [2.45, 2.75) is 88.4 Å². The van der Waals surface area contributed by atoms with Crippen LogP contribution in [-0.4, -0.2) is 71.1 Å². The van der Waals surface area contributed by atoms with Crippen molar-refractivity contribution in [3.63, 3.8) is 0 Å². The molecule has 6 heterocycles. The molecule has 2 N–H and O–H groups in total. The number of nitrogens with two attached hydrogens (primary N) is 1. The van der Waals surface area contributed by atoms with Crippen molar-refractivity contribution in [2.75, 3.05) is 30.3 Å². The van der Waals surface area contributed by atoms with Crippen molar-refractivity contribution in [3.8, 4) is 29.0 Å². The molecule has 4 aliphatic heterocycles. The smallest absolute Gasteiger partial charge is 0.319 e. The highest BCUT2D eigenvalue weighted by atomic mass is 35.5. The number of nitrogen functional groups attached to an aromatic ring is 1. The van der Waals surface area contributed by atoms with Crippen LogP contribution < -0.4 is 20.1 Å². The standard InChI is InChI=1S/C35H33ClF6N6O2S/c1-15-11-35(8-3-9-47(35)13-15)14-49-34-45-27-24-28(50-21(31(41)42)10-16-4-2-5-20(30(39)40)48(16)33(24)46-34)25(36)23(26(27)38)17-6-7-19(37)29-22(17)18(12-43)32(44)51-29/h6-7,15-16,20-21,30-31H,2-5,8-11,13-14,44H2,1H3/t15-,16?,20?,21?,35?/m1/s1. The molecule has 2 aromatic carbocycles. The lowest BCUT2D eigenvalue weighted by Gasteiger charge is -2.45. The van der Waals surface area contributed by atoms with Crippen molar-refractivity contribution in [1.29, 1.82) is 5.26 Å². The topological polar surface area (TPSA) is 101 Å². The maximum Gasteiger partial charge on any atom is 0.319 e. The predicted molar refractivity (Wildman–Crippen MR) is 182 cm³/mol. The highest BCUT2D eigenvalue weighted by Crippen LogP contribution is 2.53. The van der Waals surface area contributed by atoms with Crippen LogP contribution >= 0.6 is 22.9 Å². The number of hydrogen-bond acceptors (Lipinski definition) is 9. The van der Waals surface area contributed by atoms with Gasteiger partial charge in [0.1, 0.15) is 34.8 Å². The fourth-order valence-corrected chi connectivity index (χ4v) is 10.2. The van der Waals surface area contributed by atoms with E-state index in [1.165, 1.54) is 11.0 Å².